The number of H-pyrrole nitrogens is 1. The van der Waals surface area contributed by atoms with E-state index in [1.54, 1.807) is 25.6 Å². The van der Waals surface area contributed by atoms with Crippen LogP contribution in [0.4, 0.5) is 17.1 Å². The van der Waals surface area contributed by atoms with E-state index in [2.05, 4.69) is 20.6 Å². The number of aromatic amines is 1. The van der Waals surface area contributed by atoms with Crippen LogP contribution in [0.3, 0.4) is 0 Å². The minimum atomic E-state index is -0.200. The van der Waals surface area contributed by atoms with E-state index in [9.17, 15) is 4.79 Å². The van der Waals surface area contributed by atoms with Crippen LogP contribution in [0.1, 0.15) is 15.9 Å². The van der Waals surface area contributed by atoms with Gasteiger partial charge in [-0.25, -0.2) is 4.98 Å². The molecule has 5 aromatic rings. The van der Waals surface area contributed by atoms with Crippen LogP contribution in [-0.4, -0.2) is 28.0 Å². The number of rotatable bonds is 6. The van der Waals surface area contributed by atoms with Gasteiger partial charge in [0.1, 0.15) is 11.4 Å². The maximum Gasteiger partial charge on any atom is 0.255 e. The second-order valence-electron chi connectivity index (χ2n) is 7.88. The standard InChI is InChI=1S/C27H23N5O2/c1-17-8-9-18(27(33)30-20-6-3-7-21(14-20)34-2)13-23(17)31-25-15-24(19-5-4-11-28-16-19)32-26-22(25)10-12-29-26/h3-16H,1-2H3,(H,30,33)(H2,29,31,32). The molecule has 0 atom stereocenters. The molecule has 0 bridgehead atoms. The quantitative estimate of drug-likeness (QED) is 0.298. The highest BCUT2D eigenvalue weighted by atomic mass is 16.5. The first-order valence-corrected chi connectivity index (χ1v) is 10.8. The van der Waals surface area contributed by atoms with E-state index in [0.29, 0.717) is 17.0 Å². The lowest BCUT2D eigenvalue weighted by Crippen LogP contribution is -2.12. The third kappa shape index (κ3) is 4.31. The molecule has 0 spiro atoms. The maximum atomic E-state index is 12.9. The number of nitrogens with one attached hydrogen (secondary N) is 3. The summed E-state index contributed by atoms with van der Waals surface area (Å²) in [4.78, 5) is 25.1. The minimum Gasteiger partial charge on any atom is -0.497 e. The van der Waals surface area contributed by atoms with Crippen molar-refractivity contribution in [2.24, 2.45) is 0 Å². The van der Waals surface area contributed by atoms with Gasteiger partial charge in [0.25, 0.3) is 5.91 Å². The summed E-state index contributed by atoms with van der Waals surface area (Å²) in [5.74, 6) is 0.482. The molecule has 3 heterocycles. The Balaban J connectivity index is 1.46. The molecule has 3 aromatic heterocycles. The molecular weight excluding hydrogens is 426 g/mol. The van der Waals surface area contributed by atoms with E-state index in [1.165, 1.54) is 0 Å². The van der Waals surface area contributed by atoms with E-state index in [1.807, 2.05) is 73.8 Å². The van der Waals surface area contributed by atoms with Crippen LogP contribution in [0, 0.1) is 6.92 Å². The van der Waals surface area contributed by atoms with Crippen LogP contribution < -0.4 is 15.4 Å². The predicted octanol–water partition coefficient (Wildman–Crippen LogP) is 5.94. The monoisotopic (exact) mass is 449 g/mol. The number of pyridine rings is 2. The maximum absolute atomic E-state index is 12.9. The normalized spacial score (nSPS) is 10.8. The largest absolute Gasteiger partial charge is 0.497 e. The summed E-state index contributed by atoms with van der Waals surface area (Å²) in [6, 6.07) is 20.7. The molecule has 3 N–H and O–H groups in total. The van der Waals surface area contributed by atoms with Gasteiger partial charge in [-0.3, -0.25) is 9.78 Å². The third-order valence-electron chi connectivity index (χ3n) is 5.58. The molecule has 0 aliphatic heterocycles. The van der Waals surface area contributed by atoms with Gasteiger partial charge in [-0.2, -0.15) is 0 Å². The molecule has 2 aromatic carbocycles. The number of methoxy groups -OCH3 is 1. The topological polar surface area (TPSA) is 91.9 Å². The lowest BCUT2D eigenvalue weighted by atomic mass is 10.1. The van der Waals surface area contributed by atoms with Gasteiger partial charge < -0.3 is 20.4 Å². The second-order valence-corrected chi connectivity index (χ2v) is 7.88. The zero-order valence-corrected chi connectivity index (χ0v) is 18.8. The van der Waals surface area contributed by atoms with Gasteiger partial charge >= 0.3 is 0 Å². The second kappa shape index (κ2) is 9.07. The third-order valence-corrected chi connectivity index (χ3v) is 5.58. The first-order chi connectivity index (χ1) is 16.6. The lowest BCUT2D eigenvalue weighted by molar-refractivity contribution is 0.102. The fraction of sp³-hybridized carbons (Fsp3) is 0.0741. The number of aryl methyl sites for hydroxylation is 1. The SMILES string of the molecule is COc1cccc(NC(=O)c2ccc(C)c(Nc3cc(-c4cccnc4)nc4[nH]ccc34)c2)c1. The van der Waals surface area contributed by atoms with Gasteiger partial charge in [-0.15, -0.1) is 0 Å². The highest BCUT2D eigenvalue weighted by Crippen LogP contribution is 2.31. The number of aromatic nitrogens is 3. The summed E-state index contributed by atoms with van der Waals surface area (Å²) in [7, 11) is 1.60. The van der Waals surface area contributed by atoms with E-state index in [0.717, 1.165) is 39.2 Å². The Kier molecular flexibility index (Phi) is 5.66. The number of carbonyl (C=O) groups excluding carboxylic acids is 1. The molecule has 0 saturated heterocycles. The van der Waals surface area contributed by atoms with Gasteiger partial charge in [0.05, 0.1) is 18.5 Å². The number of anilines is 3. The molecule has 0 saturated carbocycles. The summed E-state index contributed by atoms with van der Waals surface area (Å²) in [6.45, 7) is 2.00. The number of benzene rings is 2. The summed E-state index contributed by atoms with van der Waals surface area (Å²) < 4.78 is 5.24. The highest BCUT2D eigenvalue weighted by Gasteiger charge is 2.13. The molecule has 0 fully saturated rings. The average molecular weight is 450 g/mol. The number of fused-ring (bicyclic) bond motifs is 1. The van der Waals surface area contributed by atoms with Gasteiger partial charge in [-0.1, -0.05) is 12.1 Å². The fourth-order valence-corrected chi connectivity index (χ4v) is 3.75. The van der Waals surface area contributed by atoms with Crippen LogP contribution in [0.15, 0.2) is 85.3 Å². The van der Waals surface area contributed by atoms with Crippen LogP contribution in [0.25, 0.3) is 22.3 Å². The molecule has 1 amide bonds. The number of nitrogens with zero attached hydrogens (tertiary/aromatic N) is 2. The molecule has 34 heavy (non-hydrogen) atoms. The van der Waals surface area contributed by atoms with Crippen LogP contribution >= 0.6 is 0 Å². The number of carbonyl (C=O) groups is 1. The smallest absolute Gasteiger partial charge is 0.255 e. The molecule has 0 radical (unpaired) electrons. The van der Waals surface area contributed by atoms with E-state index < -0.39 is 0 Å². The van der Waals surface area contributed by atoms with Crippen molar-refractivity contribution in [1.82, 2.24) is 15.0 Å². The van der Waals surface area contributed by atoms with Crippen molar-refractivity contribution in [3.05, 3.63) is 96.4 Å². The van der Waals surface area contributed by atoms with E-state index >= 15 is 0 Å². The van der Waals surface area contributed by atoms with Crippen molar-refractivity contribution in [2.75, 3.05) is 17.7 Å². The number of hydrogen-bond donors (Lipinski definition) is 3. The van der Waals surface area contributed by atoms with Crippen LogP contribution in [-0.2, 0) is 0 Å². The molecular formula is C27H23N5O2. The van der Waals surface area contributed by atoms with Crippen molar-refractivity contribution < 1.29 is 9.53 Å². The van der Waals surface area contributed by atoms with Gasteiger partial charge in [0.15, 0.2) is 0 Å². The molecule has 0 unspecified atom stereocenters. The summed E-state index contributed by atoms with van der Waals surface area (Å²) in [5, 5.41) is 7.40. The fourth-order valence-electron chi connectivity index (χ4n) is 3.75. The Labute approximate surface area is 196 Å². The molecule has 7 nitrogen and oxygen atoms in total. The number of ether oxygens (including phenoxy) is 1. The minimum absolute atomic E-state index is 0.200. The van der Waals surface area contributed by atoms with Gasteiger partial charge in [-0.05, 0) is 61.0 Å². The zero-order chi connectivity index (χ0) is 23.5. The number of amides is 1. The summed E-state index contributed by atoms with van der Waals surface area (Å²) in [6.07, 6.45) is 5.39. The van der Waals surface area contributed by atoms with Crippen LogP contribution in [0.5, 0.6) is 5.75 Å². The van der Waals surface area contributed by atoms with Crippen molar-refractivity contribution in [3.63, 3.8) is 0 Å². The Hall–Kier alpha value is -4.65. The first kappa shape index (κ1) is 21.2. The number of hydrogen-bond acceptors (Lipinski definition) is 5. The van der Waals surface area contributed by atoms with E-state index in [-0.39, 0.29) is 5.91 Å². The summed E-state index contributed by atoms with van der Waals surface area (Å²) in [5.41, 5.74) is 6.45. The lowest BCUT2D eigenvalue weighted by Gasteiger charge is -2.14. The Morgan fingerprint density at radius 2 is 1.91 bits per heavy atom. The van der Waals surface area contributed by atoms with Crippen LogP contribution in [0.2, 0.25) is 0 Å². The van der Waals surface area contributed by atoms with Crippen molar-refractivity contribution in [2.45, 2.75) is 6.92 Å². The molecule has 168 valence electrons. The van der Waals surface area contributed by atoms with Crippen molar-refractivity contribution >= 4 is 34.0 Å². The van der Waals surface area contributed by atoms with E-state index in [4.69, 9.17) is 9.72 Å². The van der Waals surface area contributed by atoms with Crippen molar-refractivity contribution in [3.8, 4) is 17.0 Å². The predicted molar refractivity (Wildman–Crippen MR) is 135 cm³/mol. The molecule has 7 heteroatoms. The molecule has 5 rings (SSSR count). The Morgan fingerprint density at radius 1 is 1.00 bits per heavy atom. The summed E-state index contributed by atoms with van der Waals surface area (Å²) >= 11 is 0. The zero-order valence-electron chi connectivity index (χ0n) is 18.8. The molecule has 0 aliphatic rings. The van der Waals surface area contributed by atoms with Gasteiger partial charge in [0, 0.05) is 52.5 Å². The first-order valence-electron chi connectivity index (χ1n) is 10.8. The van der Waals surface area contributed by atoms with Crippen molar-refractivity contribution in [1.29, 1.82) is 0 Å². The Bertz CT molecular complexity index is 1480. The highest BCUT2D eigenvalue weighted by molar-refractivity contribution is 6.05. The van der Waals surface area contributed by atoms with Gasteiger partial charge in [0.2, 0.25) is 0 Å². The Morgan fingerprint density at radius 3 is 2.74 bits per heavy atom. The molecule has 0 aliphatic carbocycles. The average Bonchev–Trinajstić information content (AvgIpc) is 3.35.